The molecular formula is C16H32N2. The van der Waals surface area contributed by atoms with E-state index < -0.39 is 0 Å². The van der Waals surface area contributed by atoms with Crippen molar-refractivity contribution in [3.8, 4) is 0 Å². The van der Waals surface area contributed by atoms with Crippen molar-refractivity contribution in [3.63, 3.8) is 0 Å². The number of nitrogens with zero attached hydrogens (tertiary/aromatic N) is 1. The fourth-order valence-electron chi connectivity index (χ4n) is 4.10. The molecule has 0 amide bonds. The van der Waals surface area contributed by atoms with Crippen LogP contribution >= 0.6 is 0 Å². The molecule has 1 saturated carbocycles. The fourth-order valence-corrected chi connectivity index (χ4v) is 4.10. The maximum Gasteiger partial charge on any atom is 0.0126 e. The summed E-state index contributed by atoms with van der Waals surface area (Å²) in [5.41, 5.74) is 0. The van der Waals surface area contributed by atoms with Gasteiger partial charge in [-0.2, -0.15) is 0 Å². The molecule has 1 N–H and O–H groups in total. The van der Waals surface area contributed by atoms with Gasteiger partial charge in [-0.25, -0.2) is 0 Å². The molecule has 2 aliphatic rings. The molecule has 18 heavy (non-hydrogen) atoms. The van der Waals surface area contributed by atoms with Crippen LogP contribution in [0.4, 0.5) is 0 Å². The molecule has 4 unspecified atom stereocenters. The number of hydrogen-bond donors (Lipinski definition) is 1. The monoisotopic (exact) mass is 252 g/mol. The highest BCUT2D eigenvalue weighted by Gasteiger charge is 2.35. The van der Waals surface area contributed by atoms with E-state index in [1.165, 1.54) is 58.0 Å². The van der Waals surface area contributed by atoms with Gasteiger partial charge in [-0.05, 0) is 57.7 Å². The van der Waals surface area contributed by atoms with Gasteiger partial charge in [-0.1, -0.05) is 33.1 Å². The number of rotatable bonds is 4. The second kappa shape index (κ2) is 6.91. The summed E-state index contributed by atoms with van der Waals surface area (Å²) in [4.78, 5) is 2.89. The Balaban J connectivity index is 1.98. The van der Waals surface area contributed by atoms with Gasteiger partial charge in [0, 0.05) is 12.1 Å². The van der Waals surface area contributed by atoms with E-state index in [-0.39, 0.29) is 0 Å². The summed E-state index contributed by atoms with van der Waals surface area (Å²) in [6.07, 6.45) is 9.99. The largest absolute Gasteiger partial charge is 0.320 e. The van der Waals surface area contributed by atoms with Crippen LogP contribution in [0.25, 0.3) is 0 Å². The zero-order valence-corrected chi connectivity index (χ0v) is 12.6. The maximum atomic E-state index is 3.33. The van der Waals surface area contributed by atoms with E-state index in [1.807, 2.05) is 0 Å². The van der Waals surface area contributed by atoms with Gasteiger partial charge in [0.25, 0.3) is 0 Å². The van der Waals surface area contributed by atoms with Crippen LogP contribution in [0.5, 0.6) is 0 Å². The van der Waals surface area contributed by atoms with Gasteiger partial charge in [-0.3, -0.25) is 4.90 Å². The molecule has 1 aliphatic carbocycles. The van der Waals surface area contributed by atoms with Gasteiger partial charge in [0.05, 0.1) is 0 Å². The molecule has 106 valence electrons. The Bertz CT molecular complexity index is 241. The highest BCUT2D eigenvalue weighted by Crippen LogP contribution is 2.36. The van der Waals surface area contributed by atoms with Crippen molar-refractivity contribution >= 4 is 0 Å². The second-order valence-electron chi connectivity index (χ2n) is 6.61. The lowest BCUT2D eigenvalue weighted by molar-refractivity contribution is 0.0225. The van der Waals surface area contributed by atoms with Crippen LogP contribution < -0.4 is 5.32 Å². The Hall–Kier alpha value is -0.0800. The molecule has 2 rings (SSSR count). The van der Waals surface area contributed by atoms with Crippen molar-refractivity contribution in [2.45, 2.75) is 70.9 Å². The van der Waals surface area contributed by atoms with E-state index in [0.29, 0.717) is 0 Å². The smallest absolute Gasteiger partial charge is 0.0126 e. The number of piperidine rings is 1. The van der Waals surface area contributed by atoms with Crippen LogP contribution in [-0.4, -0.2) is 37.1 Å². The predicted octanol–water partition coefficient (Wildman–Crippen LogP) is 3.28. The highest BCUT2D eigenvalue weighted by molar-refractivity contribution is 4.89. The minimum Gasteiger partial charge on any atom is -0.320 e. The maximum absolute atomic E-state index is 3.33. The van der Waals surface area contributed by atoms with Gasteiger partial charge in [0.2, 0.25) is 0 Å². The standard InChI is InChI=1S/C16H32N2/c1-13-7-6-9-16(14(13)2)18-12-5-4-8-15(18)10-11-17-3/h13-17H,4-12H2,1-3H3. The zero-order chi connectivity index (χ0) is 13.0. The first-order valence-corrected chi connectivity index (χ1v) is 8.14. The molecule has 1 heterocycles. The summed E-state index contributed by atoms with van der Waals surface area (Å²) in [5, 5.41) is 3.33. The molecule has 1 saturated heterocycles. The Morgan fingerprint density at radius 2 is 1.89 bits per heavy atom. The summed E-state index contributed by atoms with van der Waals surface area (Å²) in [6.45, 7) is 7.50. The summed E-state index contributed by atoms with van der Waals surface area (Å²) < 4.78 is 0. The topological polar surface area (TPSA) is 15.3 Å². The van der Waals surface area contributed by atoms with Crippen molar-refractivity contribution in [1.29, 1.82) is 0 Å². The molecule has 0 aromatic rings. The van der Waals surface area contributed by atoms with E-state index in [2.05, 4.69) is 31.1 Å². The Labute approximate surface area is 114 Å². The molecule has 0 radical (unpaired) electrons. The number of hydrogen-bond acceptors (Lipinski definition) is 2. The lowest BCUT2D eigenvalue weighted by Gasteiger charge is -2.47. The van der Waals surface area contributed by atoms with Crippen molar-refractivity contribution in [2.24, 2.45) is 11.8 Å². The average molecular weight is 252 g/mol. The Kier molecular flexibility index (Phi) is 5.50. The predicted molar refractivity (Wildman–Crippen MR) is 78.9 cm³/mol. The van der Waals surface area contributed by atoms with Gasteiger partial charge in [0.15, 0.2) is 0 Å². The minimum absolute atomic E-state index is 0.851. The minimum atomic E-state index is 0.851. The molecule has 0 aromatic heterocycles. The number of likely N-dealkylation sites (tertiary alicyclic amines) is 1. The van der Waals surface area contributed by atoms with E-state index in [4.69, 9.17) is 0 Å². The van der Waals surface area contributed by atoms with Gasteiger partial charge < -0.3 is 5.32 Å². The molecule has 2 fully saturated rings. The Morgan fingerprint density at radius 1 is 1.06 bits per heavy atom. The first kappa shape index (κ1) is 14.3. The number of nitrogens with one attached hydrogen (secondary N) is 1. The van der Waals surface area contributed by atoms with Crippen molar-refractivity contribution in [2.75, 3.05) is 20.1 Å². The van der Waals surface area contributed by atoms with Crippen LogP contribution in [0.3, 0.4) is 0 Å². The summed E-state index contributed by atoms with van der Waals surface area (Å²) in [5.74, 6) is 1.82. The van der Waals surface area contributed by atoms with Gasteiger partial charge in [-0.15, -0.1) is 0 Å². The first-order valence-electron chi connectivity index (χ1n) is 8.14. The normalized spacial score (nSPS) is 38.8. The SMILES string of the molecule is CNCCC1CCCCN1C1CCCC(C)C1C. The lowest BCUT2D eigenvalue weighted by Crippen LogP contribution is -2.51. The Morgan fingerprint density at radius 3 is 2.67 bits per heavy atom. The van der Waals surface area contributed by atoms with Crippen LogP contribution in [0.1, 0.15) is 58.8 Å². The third-order valence-corrected chi connectivity index (χ3v) is 5.49. The van der Waals surface area contributed by atoms with E-state index in [0.717, 1.165) is 23.9 Å². The highest BCUT2D eigenvalue weighted by atomic mass is 15.2. The first-order chi connectivity index (χ1) is 8.74. The van der Waals surface area contributed by atoms with Gasteiger partial charge >= 0.3 is 0 Å². The summed E-state index contributed by atoms with van der Waals surface area (Å²) in [7, 11) is 2.08. The summed E-state index contributed by atoms with van der Waals surface area (Å²) in [6, 6.07) is 1.72. The molecule has 4 atom stereocenters. The third kappa shape index (κ3) is 3.27. The average Bonchev–Trinajstić information content (AvgIpc) is 2.40. The van der Waals surface area contributed by atoms with Crippen molar-refractivity contribution in [3.05, 3.63) is 0 Å². The third-order valence-electron chi connectivity index (χ3n) is 5.49. The van der Waals surface area contributed by atoms with E-state index in [1.54, 1.807) is 0 Å². The van der Waals surface area contributed by atoms with Crippen LogP contribution in [-0.2, 0) is 0 Å². The molecule has 0 spiro atoms. The second-order valence-corrected chi connectivity index (χ2v) is 6.61. The lowest BCUT2D eigenvalue weighted by atomic mass is 9.76. The fraction of sp³-hybridized carbons (Fsp3) is 1.00. The van der Waals surface area contributed by atoms with Crippen molar-refractivity contribution in [1.82, 2.24) is 10.2 Å². The molecular weight excluding hydrogens is 220 g/mol. The molecule has 2 heteroatoms. The van der Waals surface area contributed by atoms with E-state index in [9.17, 15) is 0 Å². The molecule has 0 aromatic carbocycles. The van der Waals surface area contributed by atoms with Crippen LogP contribution in [0, 0.1) is 11.8 Å². The quantitative estimate of drug-likeness (QED) is 0.826. The van der Waals surface area contributed by atoms with E-state index >= 15 is 0 Å². The van der Waals surface area contributed by atoms with Crippen LogP contribution in [0.15, 0.2) is 0 Å². The molecule has 2 nitrogen and oxygen atoms in total. The van der Waals surface area contributed by atoms with Crippen molar-refractivity contribution < 1.29 is 0 Å². The zero-order valence-electron chi connectivity index (χ0n) is 12.6. The summed E-state index contributed by atoms with van der Waals surface area (Å²) >= 11 is 0. The van der Waals surface area contributed by atoms with Gasteiger partial charge in [0.1, 0.15) is 0 Å². The molecule has 1 aliphatic heterocycles. The molecule has 0 bridgehead atoms. The van der Waals surface area contributed by atoms with Crippen LogP contribution in [0.2, 0.25) is 0 Å².